The van der Waals surface area contributed by atoms with Crippen molar-refractivity contribution in [1.82, 2.24) is 23.9 Å². The maximum absolute atomic E-state index is 14.1. The molecule has 0 saturated carbocycles. The summed E-state index contributed by atoms with van der Waals surface area (Å²) < 4.78 is 31.5. The van der Waals surface area contributed by atoms with Crippen LogP contribution in [-0.4, -0.2) is 154 Å². The highest BCUT2D eigenvalue weighted by Crippen LogP contribution is 2.26. The Morgan fingerprint density at radius 2 is 1.52 bits per heavy atom. The average Bonchev–Trinajstić information content (AvgIpc) is 3.27. The molecule has 0 aliphatic carbocycles. The number of anilines is 1. The van der Waals surface area contributed by atoms with E-state index in [4.69, 9.17) is 4.74 Å². The standard InChI is InChI=1S/C34H48B2N6O7S/c1-50(47,48)41-13-9-25(10-14-41)38-16-18-39(19-17-38)32(44)30(22-23-20-27(35)31(43)28(36)21-23)49-34(46)40-11-7-26(8-12-40)42-15-6-24-4-2-3-5-29(24)37-33(42)45/h2-5,20-21,25-26,30,43H,6-19,22,35-36H2,1H3,(H,37,45)/t30-/m1/s1. The van der Waals surface area contributed by atoms with Gasteiger partial charge in [-0.05, 0) is 60.2 Å². The molecule has 0 radical (unpaired) electrons. The lowest BCUT2D eigenvalue weighted by atomic mass is 9.83. The van der Waals surface area contributed by atoms with E-state index in [-0.39, 0.29) is 36.2 Å². The molecule has 0 unspecified atom stereocenters. The molecule has 6 rings (SSSR count). The van der Waals surface area contributed by atoms with E-state index in [9.17, 15) is 27.9 Å². The number of piperidine rings is 2. The number of ether oxygens (including phenoxy) is 1. The van der Waals surface area contributed by atoms with Crippen LogP contribution >= 0.6 is 0 Å². The molecule has 2 aromatic carbocycles. The Balaban J connectivity index is 1.07. The van der Waals surface area contributed by atoms with Gasteiger partial charge in [-0.15, -0.1) is 0 Å². The monoisotopic (exact) mass is 706 g/mol. The Morgan fingerprint density at radius 1 is 0.900 bits per heavy atom. The highest BCUT2D eigenvalue weighted by molar-refractivity contribution is 7.88. The number of phenols is 1. The lowest BCUT2D eigenvalue weighted by molar-refractivity contribution is -0.143. The molecular weight excluding hydrogens is 658 g/mol. The molecule has 1 atom stereocenters. The van der Waals surface area contributed by atoms with E-state index in [1.54, 1.807) is 9.80 Å². The Kier molecular flexibility index (Phi) is 11.0. The van der Waals surface area contributed by atoms with Gasteiger partial charge in [-0.2, -0.15) is 0 Å². The van der Waals surface area contributed by atoms with Gasteiger partial charge in [0.15, 0.2) is 6.10 Å². The number of carbonyl (C=O) groups is 3. The number of likely N-dealkylation sites (tertiary alicyclic amines) is 1. The minimum absolute atomic E-state index is 0.0105. The number of nitrogens with zero attached hydrogens (tertiary/aromatic N) is 5. The summed E-state index contributed by atoms with van der Waals surface area (Å²) in [6.45, 7) is 4.73. The molecule has 2 aromatic rings. The number of phenolic OH excluding ortho intramolecular Hbond substituents is 1. The topological polar surface area (TPSA) is 143 Å². The van der Waals surface area contributed by atoms with E-state index in [1.165, 1.54) is 10.6 Å². The van der Waals surface area contributed by atoms with Gasteiger partial charge in [0.25, 0.3) is 5.91 Å². The second-order valence-electron chi connectivity index (χ2n) is 14.2. The van der Waals surface area contributed by atoms with Crippen LogP contribution in [0, 0.1) is 0 Å². The maximum Gasteiger partial charge on any atom is 0.410 e. The second-order valence-corrected chi connectivity index (χ2v) is 16.1. The van der Waals surface area contributed by atoms with Crippen LogP contribution in [-0.2, 0) is 32.4 Å². The molecule has 0 bridgehead atoms. The summed E-state index contributed by atoms with van der Waals surface area (Å²) in [5, 5.41) is 13.4. The number of nitrogens with one attached hydrogen (secondary N) is 1. The first-order valence-corrected chi connectivity index (χ1v) is 19.6. The summed E-state index contributed by atoms with van der Waals surface area (Å²) in [6.07, 6.45) is 3.34. The molecule has 4 aliphatic rings. The summed E-state index contributed by atoms with van der Waals surface area (Å²) in [5.41, 5.74) is 4.13. The zero-order valence-corrected chi connectivity index (χ0v) is 30.2. The third-order valence-electron chi connectivity index (χ3n) is 10.8. The summed E-state index contributed by atoms with van der Waals surface area (Å²) in [5.74, 6) is -0.0408. The van der Waals surface area contributed by atoms with Crippen molar-refractivity contribution >= 4 is 60.4 Å². The van der Waals surface area contributed by atoms with Crippen LogP contribution < -0.4 is 16.2 Å². The van der Waals surface area contributed by atoms with Gasteiger partial charge in [-0.3, -0.25) is 9.69 Å². The number of benzene rings is 2. The van der Waals surface area contributed by atoms with Gasteiger partial charge in [0, 0.05) is 83.1 Å². The van der Waals surface area contributed by atoms with E-state index in [1.807, 2.05) is 57.0 Å². The van der Waals surface area contributed by atoms with E-state index < -0.39 is 22.2 Å². The zero-order chi connectivity index (χ0) is 35.6. The number of para-hydroxylation sites is 1. The third kappa shape index (κ3) is 8.24. The molecule has 3 saturated heterocycles. The Labute approximate surface area is 296 Å². The van der Waals surface area contributed by atoms with Gasteiger partial charge in [0.2, 0.25) is 10.0 Å². The number of piperazine rings is 1. The molecule has 2 N–H and O–H groups in total. The minimum atomic E-state index is -3.20. The number of fused-ring (bicyclic) bond motifs is 1. The first-order chi connectivity index (χ1) is 23.9. The van der Waals surface area contributed by atoms with Gasteiger partial charge in [0.1, 0.15) is 21.4 Å². The lowest BCUT2D eigenvalue weighted by Crippen LogP contribution is -2.57. The molecule has 268 valence electrons. The van der Waals surface area contributed by atoms with Crippen LogP contribution in [0.25, 0.3) is 0 Å². The smallest absolute Gasteiger partial charge is 0.410 e. The molecule has 50 heavy (non-hydrogen) atoms. The highest BCUT2D eigenvalue weighted by Gasteiger charge is 2.37. The fraction of sp³-hybridized carbons (Fsp3) is 0.559. The Hall–Kier alpha value is -3.75. The van der Waals surface area contributed by atoms with Crippen LogP contribution in [0.15, 0.2) is 36.4 Å². The van der Waals surface area contributed by atoms with E-state index >= 15 is 0 Å². The fourth-order valence-corrected chi connectivity index (χ4v) is 8.78. The molecule has 13 nitrogen and oxygen atoms in total. The summed E-state index contributed by atoms with van der Waals surface area (Å²) in [7, 11) is 0.417. The van der Waals surface area contributed by atoms with Crippen molar-refractivity contribution < 1.29 is 32.6 Å². The number of urea groups is 1. The molecule has 3 fully saturated rings. The van der Waals surface area contributed by atoms with Crippen molar-refractivity contribution in [2.75, 3.05) is 70.5 Å². The second kappa shape index (κ2) is 15.2. The van der Waals surface area contributed by atoms with Crippen molar-refractivity contribution in [3.63, 3.8) is 0 Å². The highest BCUT2D eigenvalue weighted by atomic mass is 32.2. The van der Waals surface area contributed by atoms with Gasteiger partial charge < -0.3 is 29.9 Å². The van der Waals surface area contributed by atoms with Crippen molar-refractivity contribution in [2.45, 2.75) is 56.7 Å². The van der Waals surface area contributed by atoms with Gasteiger partial charge >= 0.3 is 12.1 Å². The number of hydrogen-bond acceptors (Lipinski definition) is 8. The molecule has 4 heterocycles. The maximum atomic E-state index is 14.1. The summed E-state index contributed by atoms with van der Waals surface area (Å²) in [6, 6.07) is 11.6. The molecule has 0 aromatic heterocycles. The van der Waals surface area contributed by atoms with Crippen LogP contribution in [0.1, 0.15) is 36.8 Å². The van der Waals surface area contributed by atoms with E-state index in [2.05, 4.69) is 10.2 Å². The summed E-state index contributed by atoms with van der Waals surface area (Å²) >= 11 is 0. The number of sulfonamides is 1. The van der Waals surface area contributed by atoms with Crippen LogP contribution in [0.2, 0.25) is 0 Å². The van der Waals surface area contributed by atoms with E-state index in [0.717, 1.165) is 36.1 Å². The van der Waals surface area contributed by atoms with Crippen LogP contribution in [0.5, 0.6) is 5.75 Å². The van der Waals surface area contributed by atoms with Gasteiger partial charge in [-0.25, -0.2) is 22.3 Å². The summed E-state index contributed by atoms with van der Waals surface area (Å²) in [4.78, 5) is 48.4. The first-order valence-electron chi connectivity index (χ1n) is 17.8. The van der Waals surface area contributed by atoms with Gasteiger partial charge in [0.05, 0.1) is 6.26 Å². The zero-order valence-electron chi connectivity index (χ0n) is 29.3. The molecule has 4 aliphatic heterocycles. The normalized spacial score (nSPS) is 20.9. The van der Waals surface area contributed by atoms with Crippen LogP contribution in [0.3, 0.4) is 0 Å². The van der Waals surface area contributed by atoms with Crippen molar-refractivity contribution in [3.05, 3.63) is 47.5 Å². The number of aromatic hydroxyl groups is 1. The predicted molar refractivity (Wildman–Crippen MR) is 196 cm³/mol. The molecular formula is C34H48B2N6O7S. The number of amides is 4. The lowest BCUT2D eigenvalue weighted by Gasteiger charge is -2.43. The van der Waals surface area contributed by atoms with Crippen molar-refractivity contribution in [1.29, 1.82) is 0 Å². The fourth-order valence-electron chi connectivity index (χ4n) is 7.90. The molecule has 16 heteroatoms. The largest absolute Gasteiger partial charge is 0.509 e. The van der Waals surface area contributed by atoms with Gasteiger partial charge in [-0.1, -0.05) is 30.3 Å². The Bertz CT molecular complexity index is 1670. The van der Waals surface area contributed by atoms with Crippen molar-refractivity contribution in [2.24, 2.45) is 0 Å². The van der Waals surface area contributed by atoms with Crippen LogP contribution in [0.4, 0.5) is 15.3 Å². The van der Waals surface area contributed by atoms with E-state index in [0.29, 0.717) is 82.7 Å². The third-order valence-corrected chi connectivity index (χ3v) is 12.1. The number of carbonyl (C=O) groups excluding carboxylic acids is 3. The number of hydrogen-bond donors (Lipinski definition) is 2. The Morgan fingerprint density at radius 3 is 2.16 bits per heavy atom. The predicted octanol–water partition coefficient (Wildman–Crippen LogP) is -0.920. The van der Waals surface area contributed by atoms with Crippen molar-refractivity contribution in [3.8, 4) is 5.75 Å². The molecule has 0 spiro atoms. The minimum Gasteiger partial charge on any atom is -0.509 e. The average molecular weight is 706 g/mol. The SMILES string of the molecule is Bc1cc(C[C@@H](OC(=O)N2CCC(N3CCc4ccccc4NC3=O)CC2)C(=O)N2CCN(C3CCN(S(C)(=O)=O)CC3)CC2)cc(B)c1O. The first kappa shape index (κ1) is 36.1. The molecule has 4 amide bonds. The number of rotatable bonds is 7. The quantitative estimate of drug-likeness (QED) is 0.353.